The Balaban J connectivity index is 1.05. The molecule has 3 aromatic rings. The molecule has 2 aromatic carbocycles. The van der Waals surface area contributed by atoms with Gasteiger partial charge >= 0.3 is 0 Å². The number of fused-ring (bicyclic) bond motifs is 1. The van der Waals surface area contributed by atoms with E-state index in [4.69, 9.17) is 4.98 Å². The summed E-state index contributed by atoms with van der Waals surface area (Å²) in [5.41, 5.74) is 3.56. The Kier molecular flexibility index (Phi) is 6.25. The van der Waals surface area contributed by atoms with Crippen LogP contribution in [0.25, 0.3) is 11.0 Å². The number of hydrogen-bond donors (Lipinski definition) is 0. The number of benzene rings is 2. The lowest BCUT2D eigenvalue weighted by Gasteiger charge is -2.48. The summed E-state index contributed by atoms with van der Waals surface area (Å²) >= 11 is 0. The summed E-state index contributed by atoms with van der Waals surface area (Å²) in [5, 5.41) is 0. The molecule has 188 valence electrons. The summed E-state index contributed by atoms with van der Waals surface area (Å²) in [6.07, 6.45) is 6.34. The van der Waals surface area contributed by atoms with Crippen LogP contribution in [0.2, 0.25) is 0 Å². The third-order valence-corrected chi connectivity index (χ3v) is 8.34. The molecule has 0 atom stereocenters. The molecule has 6 rings (SSSR count). The number of nitrogens with zero attached hydrogens (tertiary/aromatic N) is 5. The zero-order valence-electron chi connectivity index (χ0n) is 21.1. The van der Waals surface area contributed by atoms with Gasteiger partial charge in [-0.3, -0.25) is 14.5 Å². The fourth-order valence-corrected chi connectivity index (χ4v) is 6.24. The maximum Gasteiger partial charge on any atom is 0.254 e. The molecular weight excluding hydrogens is 450 g/mol. The Morgan fingerprint density at radius 2 is 1.47 bits per heavy atom. The summed E-state index contributed by atoms with van der Waals surface area (Å²) in [6, 6.07) is 16.5. The van der Waals surface area contributed by atoms with E-state index in [0.717, 1.165) is 67.3 Å². The Labute approximate surface area is 212 Å². The molecule has 0 unspecified atom stereocenters. The second-order valence-electron chi connectivity index (χ2n) is 10.6. The average Bonchev–Trinajstić information content (AvgIpc) is 3.23. The Morgan fingerprint density at radius 1 is 0.778 bits per heavy atom. The minimum absolute atomic E-state index is 0.0934. The number of aryl methyl sites for hydroxylation is 1. The highest BCUT2D eigenvalue weighted by molar-refractivity contribution is 5.98. The fraction of sp³-hybridized carbons (Fsp3) is 0.483. The van der Waals surface area contributed by atoms with Gasteiger partial charge in [-0.2, -0.15) is 0 Å². The van der Waals surface area contributed by atoms with E-state index in [1.165, 1.54) is 32.1 Å². The first-order valence-electron chi connectivity index (χ1n) is 13.4. The maximum atomic E-state index is 13.2. The number of likely N-dealkylation sites (tertiary alicyclic amines) is 1. The molecule has 1 aromatic heterocycles. The molecule has 1 aliphatic carbocycles. The molecule has 36 heavy (non-hydrogen) atoms. The molecule has 3 heterocycles. The van der Waals surface area contributed by atoms with Crippen molar-refractivity contribution < 1.29 is 9.59 Å². The van der Waals surface area contributed by atoms with Crippen LogP contribution < -0.4 is 0 Å². The molecule has 7 nitrogen and oxygen atoms in total. The van der Waals surface area contributed by atoms with Crippen LogP contribution in [0.3, 0.4) is 0 Å². The van der Waals surface area contributed by atoms with Crippen molar-refractivity contribution in [3.63, 3.8) is 0 Å². The van der Waals surface area contributed by atoms with E-state index < -0.39 is 0 Å². The van der Waals surface area contributed by atoms with Crippen molar-refractivity contribution >= 4 is 22.8 Å². The van der Waals surface area contributed by atoms with Crippen LogP contribution in [0.1, 0.15) is 64.7 Å². The van der Waals surface area contributed by atoms with Gasteiger partial charge in [0.15, 0.2) is 0 Å². The van der Waals surface area contributed by atoms with Gasteiger partial charge in [-0.1, -0.05) is 37.5 Å². The van der Waals surface area contributed by atoms with E-state index in [2.05, 4.69) is 22.5 Å². The first-order valence-corrected chi connectivity index (χ1v) is 13.4. The maximum absolute atomic E-state index is 13.2. The molecule has 1 saturated carbocycles. The minimum Gasteiger partial charge on any atom is -0.336 e. The monoisotopic (exact) mass is 485 g/mol. The molecule has 2 amide bonds. The van der Waals surface area contributed by atoms with Gasteiger partial charge in [-0.15, -0.1) is 0 Å². The molecule has 7 heteroatoms. The lowest BCUT2D eigenvalue weighted by Crippen LogP contribution is -2.64. The average molecular weight is 486 g/mol. The highest BCUT2D eigenvalue weighted by atomic mass is 16.2. The molecular formula is C29H35N5O2. The lowest BCUT2D eigenvalue weighted by atomic mass is 9.95. The van der Waals surface area contributed by atoms with E-state index in [-0.39, 0.29) is 11.8 Å². The molecule has 2 aliphatic heterocycles. The van der Waals surface area contributed by atoms with E-state index in [1.54, 1.807) is 0 Å². The van der Waals surface area contributed by atoms with Crippen LogP contribution >= 0.6 is 0 Å². The molecule has 0 spiro atoms. The fourth-order valence-electron chi connectivity index (χ4n) is 6.24. The summed E-state index contributed by atoms with van der Waals surface area (Å²) in [5.74, 6) is 1.25. The molecule has 3 fully saturated rings. The Morgan fingerprint density at radius 3 is 2.19 bits per heavy atom. The summed E-state index contributed by atoms with van der Waals surface area (Å²) < 4.78 is 2.39. The summed E-state index contributed by atoms with van der Waals surface area (Å²) in [4.78, 5) is 37.1. The van der Waals surface area contributed by atoms with Crippen molar-refractivity contribution in [2.75, 3.05) is 39.3 Å². The Bertz CT molecular complexity index is 1250. The second kappa shape index (κ2) is 9.69. The van der Waals surface area contributed by atoms with Gasteiger partial charge < -0.3 is 14.4 Å². The van der Waals surface area contributed by atoms with Gasteiger partial charge in [-0.05, 0) is 50.1 Å². The number of carbonyl (C=O) groups excluding carboxylic acids is 2. The highest BCUT2D eigenvalue weighted by Crippen LogP contribution is 2.33. The van der Waals surface area contributed by atoms with E-state index in [9.17, 15) is 9.59 Å². The SMILES string of the molecule is Cc1nc2cc(C(=O)N3CC(N4CCN(C(=O)c5ccccc5)CC4)C3)ccc2n1C1CCCCC1. The van der Waals surface area contributed by atoms with Crippen molar-refractivity contribution in [2.45, 2.75) is 51.1 Å². The van der Waals surface area contributed by atoms with Crippen LogP contribution in [-0.2, 0) is 0 Å². The van der Waals surface area contributed by atoms with Gasteiger partial charge in [0.1, 0.15) is 5.82 Å². The van der Waals surface area contributed by atoms with Crippen molar-refractivity contribution in [3.8, 4) is 0 Å². The molecule has 0 bridgehead atoms. The van der Waals surface area contributed by atoms with Gasteiger partial charge in [0, 0.05) is 62.5 Å². The van der Waals surface area contributed by atoms with Gasteiger partial charge in [0.05, 0.1) is 11.0 Å². The normalized spacial score (nSPS) is 20.0. The van der Waals surface area contributed by atoms with E-state index >= 15 is 0 Å². The molecule has 0 radical (unpaired) electrons. The topological polar surface area (TPSA) is 61.7 Å². The second-order valence-corrected chi connectivity index (χ2v) is 10.6. The quantitative estimate of drug-likeness (QED) is 0.558. The Hall–Kier alpha value is -3.19. The van der Waals surface area contributed by atoms with Crippen molar-refractivity contribution in [3.05, 3.63) is 65.5 Å². The number of amides is 2. The molecule has 2 saturated heterocycles. The standard InChI is InChI=1S/C29H35N5O2/c1-21-30-26-18-23(12-13-27(26)34(21)24-10-6-3-7-11-24)29(36)33-19-25(20-33)31-14-16-32(17-15-31)28(35)22-8-4-2-5-9-22/h2,4-5,8-9,12-13,18,24-25H,3,6-7,10-11,14-17,19-20H2,1H3. The van der Waals surface area contributed by atoms with Crippen LogP contribution in [0.5, 0.6) is 0 Å². The van der Waals surface area contributed by atoms with E-state index in [0.29, 0.717) is 12.1 Å². The number of imidazole rings is 1. The number of hydrogen-bond acceptors (Lipinski definition) is 4. The number of piperazine rings is 1. The van der Waals surface area contributed by atoms with Gasteiger partial charge in [0.2, 0.25) is 0 Å². The highest BCUT2D eigenvalue weighted by Gasteiger charge is 2.37. The van der Waals surface area contributed by atoms with Crippen LogP contribution in [0.15, 0.2) is 48.5 Å². The lowest BCUT2D eigenvalue weighted by molar-refractivity contribution is 0.00854. The third kappa shape index (κ3) is 4.30. The first kappa shape index (κ1) is 23.2. The first-order chi connectivity index (χ1) is 17.6. The summed E-state index contributed by atoms with van der Waals surface area (Å²) in [6.45, 7) is 6.77. The number of rotatable bonds is 4. The van der Waals surface area contributed by atoms with Crippen LogP contribution in [0.4, 0.5) is 0 Å². The predicted molar refractivity (Wildman–Crippen MR) is 140 cm³/mol. The molecule has 3 aliphatic rings. The largest absolute Gasteiger partial charge is 0.336 e. The minimum atomic E-state index is 0.0934. The van der Waals surface area contributed by atoms with Gasteiger partial charge in [-0.25, -0.2) is 4.98 Å². The summed E-state index contributed by atoms with van der Waals surface area (Å²) in [7, 11) is 0. The van der Waals surface area contributed by atoms with Crippen molar-refractivity contribution in [1.82, 2.24) is 24.3 Å². The van der Waals surface area contributed by atoms with Gasteiger partial charge in [0.25, 0.3) is 11.8 Å². The third-order valence-electron chi connectivity index (χ3n) is 8.34. The predicted octanol–water partition coefficient (Wildman–Crippen LogP) is 4.13. The number of aromatic nitrogens is 2. The van der Waals surface area contributed by atoms with Crippen LogP contribution in [-0.4, -0.2) is 81.4 Å². The number of carbonyl (C=O) groups is 2. The van der Waals surface area contributed by atoms with Crippen LogP contribution in [0, 0.1) is 6.92 Å². The zero-order chi connectivity index (χ0) is 24.6. The zero-order valence-corrected chi connectivity index (χ0v) is 21.1. The van der Waals surface area contributed by atoms with Crippen molar-refractivity contribution in [2.24, 2.45) is 0 Å². The van der Waals surface area contributed by atoms with E-state index in [1.807, 2.05) is 52.3 Å². The van der Waals surface area contributed by atoms with Crippen molar-refractivity contribution in [1.29, 1.82) is 0 Å². The molecule has 0 N–H and O–H groups in total. The smallest absolute Gasteiger partial charge is 0.254 e.